The molecule has 0 aliphatic carbocycles. The maximum absolute atomic E-state index is 8.57. The fraction of sp³-hybridized carbons (Fsp3) is 0. The van der Waals surface area contributed by atoms with Crippen LogP contribution in [-0.4, -0.2) is 4.98 Å². The number of thiazole rings is 1. The van der Waals surface area contributed by atoms with Gasteiger partial charge in [0.15, 0.2) is 4.34 Å². The lowest BCUT2D eigenvalue weighted by Crippen LogP contribution is -1.69. The van der Waals surface area contributed by atoms with Crippen molar-refractivity contribution < 1.29 is 0 Å². The van der Waals surface area contributed by atoms with Crippen molar-refractivity contribution in [3.63, 3.8) is 0 Å². The third-order valence-electron chi connectivity index (χ3n) is 1.79. The molecule has 0 saturated carbocycles. The van der Waals surface area contributed by atoms with E-state index < -0.39 is 0 Å². The predicted molar refractivity (Wildman–Crippen MR) is 64.8 cm³/mol. The van der Waals surface area contributed by atoms with E-state index in [1.165, 1.54) is 17.2 Å². The number of fused-ring (bicyclic) bond motifs is 1. The Morgan fingerprint density at radius 3 is 2.75 bits per heavy atom. The first kappa shape index (κ1) is 10.7. The van der Waals surface area contributed by atoms with Gasteiger partial charge in [0.2, 0.25) is 0 Å². The number of allylic oxidation sites excluding steroid dienone is 1. The zero-order chi connectivity index (χ0) is 11.4. The summed E-state index contributed by atoms with van der Waals surface area (Å²) < 4.78 is 1.94. The summed E-state index contributed by atoms with van der Waals surface area (Å²) in [7, 11) is 0. The first-order valence-electron chi connectivity index (χ1n) is 4.36. The number of hydrogen-bond donors (Lipinski definition) is 0. The number of thioether (sulfide) groups is 1. The van der Waals surface area contributed by atoms with Crippen LogP contribution in [0.3, 0.4) is 0 Å². The van der Waals surface area contributed by atoms with E-state index in [1.54, 1.807) is 11.3 Å². The highest BCUT2D eigenvalue weighted by molar-refractivity contribution is 8.03. The lowest BCUT2D eigenvalue weighted by atomic mass is 10.3. The van der Waals surface area contributed by atoms with Crippen molar-refractivity contribution in [2.45, 2.75) is 4.34 Å². The van der Waals surface area contributed by atoms with E-state index in [0.29, 0.717) is 0 Å². The molecule has 1 aromatic carbocycles. The number of para-hydroxylation sites is 1. The van der Waals surface area contributed by atoms with Crippen LogP contribution in [0.15, 0.2) is 39.6 Å². The molecule has 3 nitrogen and oxygen atoms in total. The number of hydrogen-bond acceptors (Lipinski definition) is 5. The summed E-state index contributed by atoms with van der Waals surface area (Å²) in [5, 5.41) is 18.7. The van der Waals surface area contributed by atoms with Gasteiger partial charge in [-0.1, -0.05) is 23.9 Å². The highest BCUT2D eigenvalue weighted by atomic mass is 32.2. The number of nitrogens with zero attached hydrogens (tertiary/aromatic N) is 3. The Balaban J connectivity index is 2.27. The van der Waals surface area contributed by atoms with E-state index in [2.05, 4.69) is 4.98 Å². The first-order chi connectivity index (χ1) is 7.83. The molecule has 0 aliphatic rings. The van der Waals surface area contributed by atoms with Crippen molar-refractivity contribution in [1.82, 2.24) is 4.98 Å². The van der Waals surface area contributed by atoms with Crippen LogP contribution in [0.25, 0.3) is 10.2 Å². The molecular formula is C11H5N3S2. The van der Waals surface area contributed by atoms with Crippen molar-refractivity contribution in [1.29, 1.82) is 10.5 Å². The molecule has 0 bridgehead atoms. The SMILES string of the molecule is N#CC(C#N)=CSc1nc2ccccc2s1. The molecule has 0 radical (unpaired) electrons. The van der Waals surface area contributed by atoms with Gasteiger partial charge in [-0.05, 0) is 12.1 Å². The minimum Gasteiger partial charge on any atom is -0.229 e. The fourth-order valence-electron chi connectivity index (χ4n) is 1.09. The summed E-state index contributed by atoms with van der Waals surface area (Å²) in [6.07, 6.45) is 0. The molecule has 1 aromatic heterocycles. The monoisotopic (exact) mass is 243 g/mol. The Kier molecular flexibility index (Phi) is 3.21. The van der Waals surface area contributed by atoms with Gasteiger partial charge >= 0.3 is 0 Å². The zero-order valence-corrected chi connectivity index (χ0v) is 9.68. The van der Waals surface area contributed by atoms with E-state index in [-0.39, 0.29) is 5.57 Å². The Bertz CT molecular complexity index is 579. The maximum atomic E-state index is 8.57. The number of nitriles is 2. The third-order valence-corrected chi connectivity index (χ3v) is 3.81. The quantitative estimate of drug-likeness (QED) is 0.599. The second-order valence-corrected chi connectivity index (χ2v) is 4.97. The highest BCUT2D eigenvalue weighted by Gasteiger charge is 2.02. The average molecular weight is 243 g/mol. The van der Waals surface area contributed by atoms with Crippen molar-refractivity contribution >= 4 is 33.3 Å². The van der Waals surface area contributed by atoms with Crippen LogP contribution in [0.2, 0.25) is 0 Å². The molecule has 0 fully saturated rings. The molecule has 1 heterocycles. The topological polar surface area (TPSA) is 60.5 Å². The smallest absolute Gasteiger partial charge is 0.155 e. The van der Waals surface area contributed by atoms with Gasteiger partial charge in [-0.3, -0.25) is 0 Å². The summed E-state index contributed by atoms with van der Waals surface area (Å²) in [6, 6.07) is 11.5. The molecule has 2 rings (SSSR count). The van der Waals surface area contributed by atoms with Crippen LogP contribution in [0.4, 0.5) is 0 Å². The van der Waals surface area contributed by atoms with Gasteiger partial charge < -0.3 is 0 Å². The molecule has 0 unspecified atom stereocenters. The van der Waals surface area contributed by atoms with Crippen LogP contribution < -0.4 is 0 Å². The lowest BCUT2D eigenvalue weighted by molar-refractivity contribution is 1.31. The van der Waals surface area contributed by atoms with Gasteiger partial charge in [-0.2, -0.15) is 10.5 Å². The summed E-state index contributed by atoms with van der Waals surface area (Å²) in [5.74, 6) is 0. The van der Waals surface area contributed by atoms with Crippen LogP contribution >= 0.6 is 23.1 Å². The minimum absolute atomic E-state index is 0.101. The Morgan fingerprint density at radius 1 is 1.31 bits per heavy atom. The Morgan fingerprint density at radius 2 is 2.06 bits per heavy atom. The number of rotatable bonds is 2. The second-order valence-electron chi connectivity index (χ2n) is 2.82. The van der Waals surface area contributed by atoms with E-state index in [1.807, 2.05) is 36.4 Å². The molecule has 76 valence electrons. The zero-order valence-electron chi connectivity index (χ0n) is 8.04. The van der Waals surface area contributed by atoms with Crippen LogP contribution in [-0.2, 0) is 0 Å². The average Bonchev–Trinajstić information content (AvgIpc) is 2.73. The van der Waals surface area contributed by atoms with Gasteiger partial charge in [-0.25, -0.2) is 4.98 Å². The molecular weight excluding hydrogens is 238 g/mol. The van der Waals surface area contributed by atoms with Crippen molar-refractivity contribution in [2.24, 2.45) is 0 Å². The first-order valence-corrected chi connectivity index (χ1v) is 6.05. The molecule has 0 N–H and O–H groups in total. The van der Waals surface area contributed by atoms with E-state index >= 15 is 0 Å². The van der Waals surface area contributed by atoms with Gasteiger partial charge in [0.25, 0.3) is 0 Å². The van der Waals surface area contributed by atoms with Crippen LogP contribution in [0, 0.1) is 22.7 Å². The molecule has 0 saturated heterocycles. The van der Waals surface area contributed by atoms with Gasteiger partial charge in [0.05, 0.1) is 10.2 Å². The van der Waals surface area contributed by atoms with Gasteiger partial charge in [0.1, 0.15) is 17.7 Å². The number of benzene rings is 1. The van der Waals surface area contributed by atoms with E-state index in [0.717, 1.165) is 14.6 Å². The minimum atomic E-state index is 0.101. The summed E-state index contributed by atoms with van der Waals surface area (Å²) in [5.41, 5.74) is 1.04. The molecule has 5 heteroatoms. The molecule has 16 heavy (non-hydrogen) atoms. The molecule has 0 spiro atoms. The van der Waals surface area contributed by atoms with Crippen LogP contribution in [0.5, 0.6) is 0 Å². The maximum Gasteiger partial charge on any atom is 0.155 e. The van der Waals surface area contributed by atoms with E-state index in [4.69, 9.17) is 10.5 Å². The second kappa shape index (κ2) is 4.80. The third kappa shape index (κ3) is 2.22. The summed E-state index contributed by atoms with van der Waals surface area (Å²) >= 11 is 2.85. The fourth-order valence-corrected chi connectivity index (χ4v) is 2.87. The van der Waals surface area contributed by atoms with Gasteiger partial charge in [-0.15, -0.1) is 11.3 Å². The van der Waals surface area contributed by atoms with Crippen LogP contribution in [0.1, 0.15) is 0 Å². The predicted octanol–water partition coefficient (Wildman–Crippen LogP) is 3.32. The standard InChI is InChI=1S/C11H5N3S2/c12-5-8(6-13)7-15-11-14-9-3-1-2-4-10(9)16-11/h1-4,7H. The molecule has 0 aliphatic heterocycles. The largest absolute Gasteiger partial charge is 0.229 e. The molecule has 0 amide bonds. The number of aromatic nitrogens is 1. The lowest BCUT2D eigenvalue weighted by Gasteiger charge is -1.84. The Labute approximate surface area is 101 Å². The normalized spacial score (nSPS) is 9.38. The van der Waals surface area contributed by atoms with Crippen molar-refractivity contribution in [3.8, 4) is 12.1 Å². The van der Waals surface area contributed by atoms with Gasteiger partial charge in [0, 0.05) is 5.41 Å². The molecule has 0 atom stereocenters. The van der Waals surface area contributed by atoms with Crippen molar-refractivity contribution in [2.75, 3.05) is 0 Å². The summed E-state index contributed by atoms with van der Waals surface area (Å²) in [4.78, 5) is 4.37. The van der Waals surface area contributed by atoms with E-state index in [9.17, 15) is 0 Å². The summed E-state index contributed by atoms with van der Waals surface area (Å²) in [6.45, 7) is 0. The Hall–Kier alpha value is -1.82. The molecule has 2 aromatic rings. The van der Waals surface area contributed by atoms with Crippen molar-refractivity contribution in [3.05, 3.63) is 35.2 Å². The highest BCUT2D eigenvalue weighted by Crippen LogP contribution is 2.30.